The molecule has 1 aliphatic rings. The summed E-state index contributed by atoms with van der Waals surface area (Å²) < 4.78 is 5.70. The lowest BCUT2D eigenvalue weighted by Crippen LogP contribution is -2.41. The van der Waals surface area contributed by atoms with Crippen LogP contribution in [0.25, 0.3) is 0 Å². The highest BCUT2D eigenvalue weighted by molar-refractivity contribution is 5.87. The third-order valence-corrected chi connectivity index (χ3v) is 2.86. The average Bonchev–Trinajstić information content (AvgIpc) is 2.39. The summed E-state index contributed by atoms with van der Waals surface area (Å²) in [7, 11) is 0. The van der Waals surface area contributed by atoms with Crippen molar-refractivity contribution >= 4 is 11.9 Å². The molecule has 1 fully saturated rings. The SMILES string of the molecule is C=CC(=O)N1CCC(Oc2ccnc(N)n2)CC1. The standard InChI is InChI=1S/C12H16N4O2/c1-2-11(17)16-7-4-9(5-8-16)18-10-3-6-14-12(13)15-10/h2-3,6,9H,1,4-5,7-8H2,(H2,13,14,15). The quantitative estimate of drug-likeness (QED) is 0.793. The molecule has 0 radical (unpaired) electrons. The summed E-state index contributed by atoms with van der Waals surface area (Å²) >= 11 is 0. The Bertz CT molecular complexity index is 441. The van der Waals surface area contributed by atoms with Gasteiger partial charge < -0.3 is 15.4 Å². The first-order valence-corrected chi connectivity index (χ1v) is 5.85. The number of aromatic nitrogens is 2. The minimum atomic E-state index is -0.0280. The van der Waals surface area contributed by atoms with Crippen molar-refractivity contribution < 1.29 is 9.53 Å². The van der Waals surface area contributed by atoms with Crippen LogP contribution in [0.4, 0.5) is 5.95 Å². The van der Waals surface area contributed by atoms with Crippen LogP contribution in [0.15, 0.2) is 24.9 Å². The molecule has 18 heavy (non-hydrogen) atoms. The van der Waals surface area contributed by atoms with E-state index in [9.17, 15) is 4.79 Å². The number of nitrogens with two attached hydrogens (primary N) is 1. The summed E-state index contributed by atoms with van der Waals surface area (Å²) in [4.78, 5) is 21.0. The van der Waals surface area contributed by atoms with Crippen LogP contribution in [0, 0.1) is 0 Å². The van der Waals surface area contributed by atoms with Gasteiger partial charge in [-0.05, 0) is 6.08 Å². The minimum absolute atomic E-state index is 0.0280. The van der Waals surface area contributed by atoms with Crippen LogP contribution in [-0.2, 0) is 4.79 Å². The number of amides is 1. The van der Waals surface area contributed by atoms with Crippen molar-refractivity contribution in [1.82, 2.24) is 14.9 Å². The molecule has 0 unspecified atom stereocenters. The Morgan fingerprint density at radius 3 is 2.89 bits per heavy atom. The smallest absolute Gasteiger partial charge is 0.245 e. The predicted octanol–water partition coefficient (Wildman–Crippen LogP) is 0.615. The second kappa shape index (κ2) is 5.48. The average molecular weight is 248 g/mol. The number of carbonyl (C=O) groups excluding carboxylic acids is 1. The number of ether oxygens (including phenoxy) is 1. The highest BCUT2D eigenvalue weighted by Crippen LogP contribution is 2.17. The van der Waals surface area contributed by atoms with Crippen molar-refractivity contribution in [3.63, 3.8) is 0 Å². The normalized spacial score (nSPS) is 16.3. The molecule has 96 valence electrons. The molecule has 2 rings (SSSR count). The Balaban J connectivity index is 1.87. The molecule has 1 saturated heterocycles. The van der Waals surface area contributed by atoms with E-state index in [-0.39, 0.29) is 18.0 Å². The molecule has 6 nitrogen and oxygen atoms in total. The largest absolute Gasteiger partial charge is 0.474 e. The Labute approximate surface area is 105 Å². The molecular weight excluding hydrogens is 232 g/mol. The van der Waals surface area contributed by atoms with E-state index >= 15 is 0 Å². The fourth-order valence-electron chi connectivity index (χ4n) is 1.92. The van der Waals surface area contributed by atoms with E-state index in [1.807, 2.05) is 0 Å². The number of anilines is 1. The van der Waals surface area contributed by atoms with Crippen LogP contribution in [0.3, 0.4) is 0 Å². The first-order chi connectivity index (χ1) is 8.69. The number of piperidine rings is 1. The van der Waals surface area contributed by atoms with Gasteiger partial charge in [-0.2, -0.15) is 4.98 Å². The molecule has 6 heteroatoms. The van der Waals surface area contributed by atoms with Gasteiger partial charge in [0.15, 0.2) is 0 Å². The molecular formula is C12H16N4O2. The molecule has 1 aliphatic heterocycles. The first kappa shape index (κ1) is 12.3. The lowest BCUT2D eigenvalue weighted by Gasteiger charge is -2.31. The molecule has 1 amide bonds. The Morgan fingerprint density at radius 1 is 1.56 bits per heavy atom. The summed E-state index contributed by atoms with van der Waals surface area (Å²) in [6.45, 7) is 4.83. The van der Waals surface area contributed by atoms with Crippen molar-refractivity contribution in [2.24, 2.45) is 0 Å². The van der Waals surface area contributed by atoms with Crippen molar-refractivity contribution in [2.75, 3.05) is 18.8 Å². The van der Waals surface area contributed by atoms with Crippen LogP contribution in [0.2, 0.25) is 0 Å². The molecule has 0 bridgehead atoms. The lowest BCUT2D eigenvalue weighted by atomic mass is 10.1. The van der Waals surface area contributed by atoms with Gasteiger partial charge in [0.1, 0.15) is 6.10 Å². The molecule has 0 spiro atoms. The fraction of sp³-hybridized carbons (Fsp3) is 0.417. The molecule has 1 aromatic heterocycles. The Morgan fingerprint density at radius 2 is 2.28 bits per heavy atom. The summed E-state index contributed by atoms with van der Waals surface area (Å²) in [5, 5.41) is 0. The van der Waals surface area contributed by atoms with Gasteiger partial charge in [0, 0.05) is 38.2 Å². The van der Waals surface area contributed by atoms with Crippen LogP contribution >= 0.6 is 0 Å². The van der Waals surface area contributed by atoms with E-state index in [0.717, 1.165) is 12.8 Å². The maximum atomic E-state index is 11.4. The monoisotopic (exact) mass is 248 g/mol. The van der Waals surface area contributed by atoms with Gasteiger partial charge in [-0.25, -0.2) is 4.98 Å². The van der Waals surface area contributed by atoms with E-state index < -0.39 is 0 Å². The van der Waals surface area contributed by atoms with E-state index in [2.05, 4.69) is 16.5 Å². The summed E-state index contributed by atoms with van der Waals surface area (Å²) in [6.07, 6.45) is 4.53. The van der Waals surface area contributed by atoms with Crippen molar-refractivity contribution in [3.05, 3.63) is 24.9 Å². The zero-order valence-corrected chi connectivity index (χ0v) is 10.1. The molecule has 0 atom stereocenters. The van der Waals surface area contributed by atoms with E-state index in [1.165, 1.54) is 6.08 Å². The number of likely N-dealkylation sites (tertiary alicyclic amines) is 1. The molecule has 2 heterocycles. The number of carbonyl (C=O) groups is 1. The van der Waals surface area contributed by atoms with E-state index in [4.69, 9.17) is 10.5 Å². The van der Waals surface area contributed by atoms with Gasteiger partial charge in [-0.15, -0.1) is 0 Å². The van der Waals surface area contributed by atoms with Crippen LogP contribution < -0.4 is 10.5 Å². The number of nitrogen functional groups attached to an aromatic ring is 1. The van der Waals surface area contributed by atoms with Gasteiger partial charge in [-0.3, -0.25) is 4.79 Å². The van der Waals surface area contributed by atoms with Gasteiger partial charge >= 0.3 is 0 Å². The molecule has 0 aromatic carbocycles. The minimum Gasteiger partial charge on any atom is -0.474 e. The third kappa shape index (κ3) is 2.97. The fourth-order valence-corrected chi connectivity index (χ4v) is 1.92. The van der Waals surface area contributed by atoms with Crippen molar-refractivity contribution in [2.45, 2.75) is 18.9 Å². The predicted molar refractivity (Wildman–Crippen MR) is 66.9 cm³/mol. The maximum absolute atomic E-state index is 11.4. The number of rotatable bonds is 3. The maximum Gasteiger partial charge on any atom is 0.245 e. The number of hydrogen-bond donors (Lipinski definition) is 1. The number of nitrogens with zero attached hydrogens (tertiary/aromatic N) is 3. The summed E-state index contributed by atoms with van der Waals surface area (Å²) in [5.41, 5.74) is 5.48. The molecule has 0 aliphatic carbocycles. The Kier molecular flexibility index (Phi) is 3.76. The third-order valence-electron chi connectivity index (χ3n) is 2.86. The molecule has 1 aromatic rings. The second-order valence-corrected chi connectivity index (χ2v) is 4.10. The topological polar surface area (TPSA) is 81.3 Å². The van der Waals surface area contributed by atoms with Crippen LogP contribution in [0.1, 0.15) is 12.8 Å². The molecule has 2 N–H and O–H groups in total. The lowest BCUT2D eigenvalue weighted by molar-refractivity contribution is -0.127. The highest BCUT2D eigenvalue weighted by Gasteiger charge is 2.22. The summed E-state index contributed by atoms with van der Waals surface area (Å²) in [6, 6.07) is 1.68. The van der Waals surface area contributed by atoms with Gasteiger partial charge in [-0.1, -0.05) is 6.58 Å². The van der Waals surface area contributed by atoms with Crippen molar-refractivity contribution in [3.8, 4) is 5.88 Å². The van der Waals surface area contributed by atoms with Crippen LogP contribution in [0.5, 0.6) is 5.88 Å². The zero-order chi connectivity index (χ0) is 13.0. The van der Waals surface area contributed by atoms with E-state index in [1.54, 1.807) is 17.2 Å². The van der Waals surface area contributed by atoms with Gasteiger partial charge in [0.25, 0.3) is 0 Å². The van der Waals surface area contributed by atoms with Gasteiger partial charge in [0.05, 0.1) is 0 Å². The highest BCUT2D eigenvalue weighted by atomic mass is 16.5. The first-order valence-electron chi connectivity index (χ1n) is 5.85. The zero-order valence-electron chi connectivity index (χ0n) is 10.1. The van der Waals surface area contributed by atoms with Crippen molar-refractivity contribution in [1.29, 1.82) is 0 Å². The Hall–Kier alpha value is -2.11. The summed E-state index contributed by atoms with van der Waals surface area (Å²) in [5.74, 6) is 0.655. The second-order valence-electron chi connectivity index (χ2n) is 4.10. The molecule has 0 saturated carbocycles. The van der Waals surface area contributed by atoms with Crippen LogP contribution in [-0.4, -0.2) is 40.0 Å². The van der Waals surface area contributed by atoms with Gasteiger partial charge in [0.2, 0.25) is 17.7 Å². The number of hydrogen-bond acceptors (Lipinski definition) is 5. The van der Waals surface area contributed by atoms with E-state index in [0.29, 0.717) is 19.0 Å².